The molecular weight excluding hydrogens is 359 g/mol. The molecule has 148 valence electrons. The highest BCUT2D eigenvalue weighted by atomic mass is 19.1. The van der Waals surface area contributed by atoms with Crippen LogP contribution in [0.4, 0.5) is 15.8 Å². The number of rotatable bonds is 6. The molecule has 0 saturated carbocycles. The van der Waals surface area contributed by atoms with Crippen LogP contribution in [-0.2, 0) is 20.7 Å². The van der Waals surface area contributed by atoms with Crippen LogP contribution in [0.15, 0.2) is 48.5 Å². The van der Waals surface area contributed by atoms with E-state index in [2.05, 4.69) is 10.2 Å². The van der Waals surface area contributed by atoms with Gasteiger partial charge in [-0.25, -0.2) is 4.39 Å². The van der Waals surface area contributed by atoms with Crippen LogP contribution in [0.3, 0.4) is 0 Å². The number of nitrogens with zero attached hydrogens (tertiary/aromatic N) is 1. The molecular formula is C22H25FN2O3. The summed E-state index contributed by atoms with van der Waals surface area (Å²) < 4.78 is 18.1. The molecule has 1 N–H and O–H groups in total. The summed E-state index contributed by atoms with van der Waals surface area (Å²) in [6.45, 7) is 1.75. The molecule has 28 heavy (non-hydrogen) atoms. The average molecular weight is 384 g/mol. The lowest BCUT2D eigenvalue weighted by molar-refractivity contribution is -0.146. The summed E-state index contributed by atoms with van der Waals surface area (Å²) in [7, 11) is 0. The SMILES string of the molecule is O=C(COC(=O)Cc1cccc(F)c1)Nc1ccc(N2CCCCCC2)cc1. The number of amides is 1. The smallest absolute Gasteiger partial charge is 0.310 e. The normalized spacial score (nSPS) is 14.2. The summed E-state index contributed by atoms with van der Waals surface area (Å²) in [6, 6.07) is 13.4. The maximum absolute atomic E-state index is 13.1. The molecule has 0 spiro atoms. The highest BCUT2D eigenvalue weighted by Gasteiger charge is 2.11. The van der Waals surface area contributed by atoms with E-state index < -0.39 is 17.7 Å². The first-order valence-electron chi connectivity index (χ1n) is 9.65. The Morgan fingerprint density at radius 3 is 2.39 bits per heavy atom. The van der Waals surface area contributed by atoms with Crippen molar-refractivity contribution in [3.8, 4) is 0 Å². The molecule has 2 aromatic rings. The predicted molar refractivity (Wildman–Crippen MR) is 107 cm³/mol. The van der Waals surface area contributed by atoms with Crippen molar-refractivity contribution < 1.29 is 18.7 Å². The molecule has 1 aliphatic heterocycles. The monoisotopic (exact) mass is 384 g/mol. The van der Waals surface area contributed by atoms with Gasteiger partial charge in [0.25, 0.3) is 5.91 Å². The minimum Gasteiger partial charge on any atom is -0.455 e. The van der Waals surface area contributed by atoms with Crippen LogP contribution in [0.2, 0.25) is 0 Å². The molecule has 1 saturated heterocycles. The molecule has 0 bridgehead atoms. The lowest BCUT2D eigenvalue weighted by atomic mass is 10.1. The van der Waals surface area contributed by atoms with Crippen LogP contribution in [0.25, 0.3) is 0 Å². The van der Waals surface area contributed by atoms with Crippen molar-refractivity contribution in [2.75, 3.05) is 29.9 Å². The number of hydrogen-bond acceptors (Lipinski definition) is 4. The maximum Gasteiger partial charge on any atom is 0.310 e. The van der Waals surface area contributed by atoms with Crippen molar-refractivity contribution in [1.29, 1.82) is 0 Å². The lowest BCUT2D eigenvalue weighted by Gasteiger charge is -2.22. The first-order valence-corrected chi connectivity index (χ1v) is 9.65. The Hall–Kier alpha value is -2.89. The van der Waals surface area contributed by atoms with Gasteiger partial charge in [-0.1, -0.05) is 25.0 Å². The Morgan fingerprint density at radius 1 is 1.00 bits per heavy atom. The molecule has 1 aliphatic rings. The molecule has 5 nitrogen and oxygen atoms in total. The predicted octanol–water partition coefficient (Wildman–Crippen LogP) is 3.93. The minimum absolute atomic E-state index is 0.0738. The first-order chi connectivity index (χ1) is 13.6. The third-order valence-electron chi connectivity index (χ3n) is 4.72. The van der Waals surface area contributed by atoms with Crippen molar-refractivity contribution in [1.82, 2.24) is 0 Å². The molecule has 1 amide bonds. The summed E-state index contributed by atoms with van der Waals surface area (Å²) in [4.78, 5) is 26.2. The molecule has 0 radical (unpaired) electrons. The maximum atomic E-state index is 13.1. The Kier molecular flexibility index (Phi) is 7.00. The minimum atomic E-state index is -0.572. The van der Waals surface area contributed by atoms with Gasteiger partial charge in [0.05, 0.1) is 6.42 Å². The van der Waals surface area contributed by atoms with Gasteiger partial charge in [0, 0.05) is 24.5 Å². The molecule has 1 fully saturated rings. The number of halogens is 1. The Balaban J connectivity index is 1.44. The first kappa shape index (κ1) is 19.9. The van der Waals surface area contributed by atoms with E-state index in [0.717, 1.165) is 18.8 Å². The summed E-state index contributed by atoms with van der Waals surface area (Å²) in [5, 5.41) is 2.72. The van der Waals surface area contributed by atoms with Crippen LogP contribution in [0.1, 0.15) is 31.2 Å². The number of benzene rings is 2. The Bertz CT molecular complexity index is 800. The van der Waals surface area contributed by atoms with E-state index in [1.807, 2.05) is 24.3 Å². The second-order valence-electron chi connectivity index (χ2n) is 6.96. The third kappa shape index (κ3) is 6.08. The van der Waals surface area contributed by atoms with E-state index >= 15 is 0 Å². The standard InChI is InChI=1S/C22H25FN2O3/c23-18-7-5-6-17(14-18)15-22(27)28-16-21(26)24-19-8-10-20(11-9-19)25-12-3-1-2-4-13-25/h5-11,14H,1-4,12-13,15-16H2,(H,24,26). The van der Waals surface area contributed by atoms with Gasteiger partial charge >= 0.3 is 5.97 Å². The van der Waals surface area contributed by atoms with Crippen molar-refractivity contribution in [2.45, 2.75) is 32.1 Å². The van der Waals surface area contributed by atoms with E-state index in [1.165, 1.54) is 43.9 Å². The molecule has 3 rings (SSSR count). The summed E-state index contributed by atoms with van der Waals surface area (Å²) >= 11 is 0. The zero-order valence-corrected chi connectivity index (χ0v) is 15.8. The summed E-state index contributed by atoms with van der Waals surface area (Å²) in [5.41, 5.74) is 2.32. The molecule has 2 aromatic carbocycles. The number of nitrogens with one attached hydrogen (secondary N) is 1. The molecule has 0 unspecified atom stereocenters. The van der Waals surface area contributed by atoms with Crippen LogP contribution in [0.5, 0.6) is 0 Å². The third-order valence-corrected chi connectivity index (χ3v) is 4.72. The fourth-order valence-corrected chi connectivity index (χ4v) is 3.29. The van der Waals surface area contributed by atoms with Crippen molar-refractivity contribution in [3.63, 3.8) is 0 Å². The van der Waals surface area contributed by atoms with Gasteiger partial charge in [0.1, 0.15) is 5.82 Å². The lowest BCUT2D eigenvalue weighted by Crippen LogP contribution is -2.24. The summed E-state index contributed by atoms with van der Waals surface area (Å²) in [5.74, 6) is -1.39. The van der Waals surface area contributed by atoms with E-state index in [0.29, 0.717) is 11.3 Å². The second-order valence-corrected chi connectivity index (χ2v) is 6.96. The van der Waals surface area contributed by atoms with Crippen LogP contribution in [-0.4, -0.2) is 31.6 Å². The molecule has 1 heterocycles. The largest absolute Gasteiger partial charge is 0.455 e. The molecule has 0 atom stereocenters. The second kappa shape index (κ2) is 9.88. The van der Waals surface area contributed by atoms with Gasteiger partial charge in [-0.05, 0) is 54.8 Å². The Labute approximate surface area is 164 Å². The fourth-order valence-electron chi connectivity index (χ4n) is 3.29. The van der Waals surface area contributed by atoms with E-state index in [4.69, 9.17) is 4.74 Å². The van der Waals surface area contributed by atoms with E-state index in [9.17, 15) is 14.0 Å². The topological polar surface area (TPSA) is 58.6 Å². The van der Waals surface area contributed by atoms with E-state index in [1.54, 1.807) is 6.07 Å². The van der Waals surface area contributed by atoms with Crippen LogP contribution in [0, 0.1) is 5.82 Å². The molecule has 0 aromatic heterocycles. The number of ether oxygens (including phenoxy) is 1. The number of carbonyl (C=O) groups excluding carboxylic acids is 2. The van der Waals surface area contributed by atoms with Crippen LogP contribution < -0.4 is 10.2 Å². The van der Waals surface area contributed by atoms with Gasteiger partial charge < -0.3 is 15.0 Å². The zero-order chi connectivity index (χ0) is 19.8. The van der Waals surface area contributed by atoms with Gasteiger partial charge in [-0.2, -0.15) is 0 Å². The van der Waals surface area contributed by atoms with Gasteiger partial charge in [0.15, 0.2) is 6.61 Å². The quantitative estimate of drug-likeness (QED) is 0.767. The number of esters is 1. The van der Waals surface area contributed by atoms with Crippen LogP contribution >= 0.6 is 0 Å². The van der Waals surface area contributed by atoms with Crippen molar-refractivity contribution in [2.24, 2.45) is 0 Å². The highest BCUT2D eigenvalue weighted by molar-refractivity contribution is 5.93. The fraction of sp³-hybridized carbons (Fsp3) is 0.364. The van der Waals surface area contributed by atoms with E-state index in [-0.39, 0.29) is 13.0 Å². The highest BCUT2D eigenvalue weighted by Crippen LogP contribution is 2.21. The van der Waals surface area contributed by atoms with Gasteiger partial charge in [-0.15, -0.1) is 0 Å². The zero-order valence-electron chi connectivity index (χ0n) is 15.8. The summed E-state index contributed by atoms with van der Waals surface area (Å²) in [6.07, 6.45) is 4.90. The number of hydrogen-bond donors (Lipinski definition) is 1. The van der Waals surface area contributed by atoms with Crippen molar-refractivity contribution in [3.05, 3.63) is 59.9 Å². The molecule has 6 heteroatoms. The molecule has 0 aliphatic carbocycles. The van der Waals surface area contributed by atoms with Gasteiger partial charge in [0.2, 0.25) is 0 Å². The number of anilines is 2. The van der Waals surface area contributed by atoms with Gasteiger partial charge in [-0.3, -0.25) is 9.59 Å². The van der Waals surface area contributed by atoms with Crippen molar-refractivity contribution >= 4 is 23.3 Å². The average Bonchev–Trinajstić information content (AvgIpc) is 2.97. The Morgan fingerprint density at radius 2 is 1.71 bits per heavy atom. The number of carbonyl (C=O) groups is 2.